The third-order valence-electron chi connectivity index (χ3n) is 3.50. The van der Waals surface area contributed by atoms with Gasteiger partial charge in [-0.25, -0.2) is 4.98 Å². The van der Waals surface area contributed by atoms with Gasteiger partial charge >= 0.3 is 0 Å². The highest BCUT2D eigenvalue weighted by atomic mass is 79.9. The Morgan fingerprint density at radius 2 is 2.18 bits per heavy atom. The summed E-state index contributed by atoms with van der Waals surface area (Å²) < 4.78 is 1.03. The second kappa shape index (κ2) is 5.83. The first-order chi connectivity index (χ1) is 8.20. The number of hydrogen-bond donors (Lipinski definition) is 2. The van der Waals surface area contributed by atoms with Gasteiger partial charge in [0.15, 0.2) is 0 Å². The molecule has 0 aliphatic heterocycles. The molecule has 1 heterocycles. The lowest BCUT2D eigenvalue weighted by molar-refractivity contribution is 0.178. The average molecular weight is 299 g/mol. The number of nitrogens with zero attached hydrogens (tertiary/aromatic N) is 1. The van der Waals surface area contributed by atoms with Crippen LogP contribution < -0.4 is 5.32 Å². The van der Waals surface area contributed by atoms with E-state index in [9.17, 15) is 5.11 Å². The van der Waals surface area contributed by atoms with E-state index in [4.69, 9.17) is 0 Å². The SMILES string of the molecule is Cc1nc(NC2CCCCC2CO)ccc1Br. The summed E-state index contributed by atoms with van der Waals surface area (Å²) in [5.41, 5.74) is 0.992. The molecule has 0 radical (unpaired) electrons. The van der Waals surface area contributed by atoms with Crippen molar-refractivity contribution in [3.05, 3.63) is 22.3 Å². The number of nitrogens with one attached hydrogen (secondary N) is 1. The summed E-state index contributed by atoms with van der Waals surface area (Å²) in [6.45, 7) is 2.26. The second-order valence-corrected chi connectivity index (χ2v) is 5.60. The molecule has 1 saturated carbocycles. The number of hydrogen-bond acceptors (Lipinski definition) is 3. The number of aliphatic hydroxyl groups excluding tert-OH is 1. The molecule has 94 valence electrons. The number of pyridine rings is 1. The van der Waals surface area contributed by atoms with Crippen molar-refractivity contribution in [2.24, 2.45) is 5.92 Å². The standard InChI is InChI=1S/C13H19BrN2O/c1-9-11(14)6-7-13(15-9)16-12-5-3-2-4-10(12)8-17/h6-7,10,12,17H,2-5,8H2,1H3,(H,15,16). The largest absolute Gasteiger partial charge is 0.396 e. The van der Waals surface area contributed by atoms with E-state index in [1.165, 1.54) is 12.8 Å². The van der Waals surface area contributed by atoms with Gasteiger partial charge in [0.25, 0.3) is 0 Å². The molecule has 1 aromatic rings. The van der Waals surface area contributed by atoms with Gasteiger partial charge in [-0.3, -0.25) is 0 Å². The molecule has 1 fully saturated rings. The molecular formula is C13H19BrN2O. The Morgan fingerprint density at radius 1 is 1.41 bits per heavy atom. The van der Waals surface area contributed by atoms with E-state index >= 15 is 0 Å². The Kier molecular flexibility index (Phi) is 4.40. The number of halogens is 1. The molecule has 2 rings (SSSR count). The van der Waals surface area contributed by atoms with Gasteiger partial charge in [-0.2, -0.15) is 0 Å². The third-order valence-corrected chi connectivity index (χ3v) is 4.34. The van der Waals surface area contributed by atoms with Crippen molar-refractivity contribution in [3.63, 3.8) is 0 Å². The van der Waals surface area contributed by atoms with Crippen molar-refractivity contribution in [2.45, 2.75) is 38.6 Å². The van der Waals surface area contributed by atoms with E-state index in [0.717, 1.165) is 28.8 Å². The summed E-state index contributed by atoms with van der Waals surface area (Å²) in [6, 6.07) is 4.36. The Hall–Kier alpha value is -0.610. The first-order valence-corrected chi connectivity index (χ1v) is 7.00. The van der Waals surface area contributed by atoms with Crippen LogP contribution in [0.15, 0.2) is 16.6 Å². The molecule has 1 aromatic heterocycles. The molecule has 2 atom stereocenters. The maximum atomic E-state index is 9.37. The monoisotopic (exact) mass is 298 g/mol. The lowest BCUT2D eigenvalue weighted by Crippen LogP contribution is -2.34. The van der Waals surface area contributed by atoms with Gasteiger partial charge in [0.1, 0.15) is 5.82 Å². The topological polar surface area (TPSA) is 45.2 Å². The summed E-state index contributed by atoms with van der Waals surface area (Å²) in [4.78, 5) is 4.50. The van der Waals surface area contributed by atoms with E-state index in [1.807, 2.05) is 19.1 Å². The lowest BCUT2D eigenvalue weighted by atomic mass is 9.85. The highest BCUT2D eigenvalue weighted by molar-refractivity contribution is 9.10. The highest BCUT2D eigenvalue weighted by Crippen LogP contribution is 2.27. The van der Waals surface area contributed by atoms with Crippen molar-refractivity contribution >= 4 is 21.7 Å². The molecule has 0 aromatic carbocycles. The van der Waals surface area contributed by atoms with Crippen molar-refractivity contribution in [1.82, 2.24) is 4.98 Å². The molecule has 3 nitrogen and oxygen atoms in total. The molecule has 17 heavy (non-hydrogen) atoms. The molecule has 0 amide bonds. The summed E-state index contributed by atoms with van der Waals surface area (Å²) in [5, 5.41) is 12.8. The number of rotatable bonds is 3. The summed E-state index contributed by atoms with van der Waals surface area (Å²) in [5.74, 6) is 1.28. The van der Waals surface area contributed by atoms with Crippen LogP contribution in [0.2, 0.25) is 0 Å². The van der Waals surface area contributed by atoms with Crippen molar-refractivity contribution in [1.29, 1.82) is 0 Å². The van der Waals surface area contributed by atoms with E-state index in [2.05, 4.69) is 26.2 Å². The number of aryl methyl sites for hydroxylation is 1. The first-order valence-electron chi connectivity index (χ1n) is 6.21. The summed E-state index contributed by atoms with van der Waals surface area (Å²) in [7, 11) is 0. The molecule has 2 N–H and O–H groups in total. The number of aromatic nitrogens is 1. The zero-order valence-electron chi connectivity index (χ0n) is 10.1. The van der Waals surface area contributed by atoms with Crippen LogP contribution in [0, 0.1) is 12.8 Å². The van der Waals surface area contributed by atoms with Gasteiger partial charge in [-0.15, -0.1) is 0 Å². The normalized spacial score (nSPS) is 24.6. The zero-order chi connectivity index (χ0) is 12.3. The van der Waals surface area contributed by atoms with Gasteiger partial charge < -0.3 is 10.4 Å². The minimum Gasteiger partial charge on any atom is -0.396 e. The van der Waals surface area contributed by atoms with Gasteiger partial charge in [-0.1, -0.05) is 12.8 Å². The van der Waals surface area contributed by atoms with E-state index in [1.54, 1.807) is 0 Å². The quantitative estimate of drug-likeness (QED) is 0.901. The third kappa shape index (κ3) is 3.19. The van der Waals surface area contributed by atoms with Crippen molar-refractivity contribution in [2.75, 3.05) is 11.9 Å². The molecule has 1 aliphatic rings. The molecule has 0 bridgehead atoms. The van der Waals surface area contributed by atoms with Crippen LogP contribution in [0.1, 0.15) is 31.4 Å². The Bertz CT molecular complexity index is 384. The number of aliphatic hydroxyl groups is 1. The van der Waals surface area contributed by atoms with Crippen LogP contribution in [0.5, 0.6) is 0 Å². The summed E-state index contributed by atoms with van der Waals surface area (Å²) in [6.07, 6.45) is 4.71. The first kappa shape index (κ1) is 12.8. The average Bonchev–Trinajstić information content (AvgIpc) is 2.34. The lowest BCUT2D eigenvalue weighted by Gasteiger charge is -2.31. The van der Waals surface area contributed by atoms with Gasteiger partial charge in [0, 0.05) is 23.0 Å². The van der Waals surface area contributed by atoms with Crippen molar-refractivity contribution < 1.29 is 5.11 Å². The molecule has 1 aliphatic carbocycles. The predicted molar refractivity (Wildman–Crippen MR) is 73.1 cm³/mol. The van der Waals surface area contributed by atoms with Crippen LogP contribution in [0.4, 0.5) is 5.82 Å². The smallest absolute Gasteiger partial charge is 0.126 e. The maximum Gasteiger partial charge on any atom is 0.126 e. The van der Waals surface area contributed by atoms with Crippen LogP contribution in [0.25, 0.3) is 0 Å². The fourth-order valence-corrected chi connectivity index (χ4v) is 2.65. The van der Waals surface area contributed by atoms with Gasteiger partial charge in [-0.05, 0) is 47.8 Å². The maximum absolute atomic E-state index is 9.37. The second-order valence-electron chi connectivity index (χ2n) is 4.74. The highest BCUT2D eigenvalue weighted by Gasteiger charge is 2.24. The van der Waals surface area contributed by atoms with E-state index in [-0.39, 0.29) is 6.61 Å². The van der Waals surface area contributed by atoms with E-state index in [0.29, 0.717) is 12.0 Å². The van der Waals surface area contributed by atoms with Crippen LogP contribution in [-0.4, -0.2) is 22.7 Å². The minimum atomic E-state index is 0.271. The van der Waals surface area contributed by atoms with Gasteiger partial charge in [0.05, 0.1) is 5.69 Å². The molecule has 0 saturated heterocycles. The Morgan fingerprint density at radius 3 is 2.88 bits per heavy atom. The zero-order valence-corrected chi connectivity index (χ0v) is 11.7. The number of anilines is 1. The van der Waals surface area contributed by atoms with Gasteiger partial charge in [0.2, 0.25) is 0 Å². The molecule has 4 heteroatoms. The minimum absolute atomic E-state index is 0.271. The van der Waals surface area contributed by atoms with Crippen molar-refractivity contribution in [3.8, 4) is 0 Å². The Balaban J connectivity index is 2.05. The molecule has 2 unspecified atom stereocenters. The van der Waals surface area contributed by atoms with Crippen LogP contribution in [-0.2, 0) is 0 Å². The molecule has 0 spiro atoms. The predicted octanol–water partition coefficient (Wildman–Crippen LogP) is 3.12. The Labute approximate surface area is 111 Å². The fourth-order valence-electron chi connectivity index (χ4n) is 2.43. The molecular weight excluding hydrogens is 280 g/mol. The van der Waals surface area contributed by atoms with Crippen LogP contribution >= 0.6 is 15.9 Å². The van der Waals surface area contributed by atoms with E-state index < -0.39 is 0 Å². The summed E-state index contributed by atoms with van der Waals surface area (Å²) >= 11 is 3.45. The van der Waals surface area contributed by atoms with Crippen LogP contribution in [0.3, 0.4) is 0 Å². The fraction of sp³-hybridized carbons (Fsp3) is 0.615.